The van der Waals surface area contributed by atoms with Crippen molar-refractivity contribution < 1.29 is 4.92 Å². The normalized spacial score (nSPS) is 16.9. The molecule has 1 aliphatic rings. The van der Waals surface area contributed by atoms with Crippen LogP contribution in [0.3, 0.4) is 0 Å². The van der Waals surface area contributed by atoms with Gasteiger partial charge in [-0.2, -0.15) is 0 Å². The van der Waals surface area contributed by atoms with Gasteiger partial charge in [0.15, 0.2) is 0 Å². The van der Waals surface area contributed by atoms with Crippen LogP contribution in [0.5, 0.6) is 0 Å². The highest BCUT2D eigenvalue weighted by Crippen LogP contribution is 2.34. The molecule has 0 aliphatic carbocycles. The number of nitrogens with zero attached hydrogens (tertiary/aromatic N) is 2. The number of halogens is 1. The molecule has 4 nitrogen and oxygen atoms in total. The van der Waals surface area contributed by atoms with Crippen molar-refractivity contribution in [3.05, 3.63) is 32.8 Å². The SMILES string of the molecule is CC(C)C1CCN(c2ccc(Br)cc2[N+](=O)[O-])CC1. The fraction of sp³-hybridized carbons (Fsp3) is 0.571. The zero-order valence-corrected chi connectivity index (χ0v) is 12.9. The summed E-state index contributed by atoms with van der Waals surface area (Å²) in [6.45, 7) is 6.32. The van der Waals surface area contributed by atoms with Crippen molar-refractivity contribution in [3.63, 3.8) is 0 Å². The molecule has 1 heterocycles. The monoisotopic (exact) mass is 326 g/mol. The van der Waals surface area contributed by atoms with Crippen molar-refractivity contribution >= 4 is 27.3 Å². The molecule has 2 rings (SSSR count). The van der Waals surface area contributed by atoms with Crippen LogP contribution < -0.4 is 4.90 Å². The summed E-state index contributed by atoms with van der Waals surface area (Å²) in [7, 11) is 0. The number of piperidine rings is 1. The fourth-order valence-electron chi connectivity index (χ4n) is 2.72. The smallest absolute Gasteiger partial charge is 0.293 e. The van der Waals surface area contributed by atoms with E-state index in [1.165, 1.54) is 0 Å². The van der Waals surface area contributed by atoms with Gasteiger partial charge >= 0.3 is 0 Å². The first kappa shape index (κ1) is 14.3. The van der Waals surface area contributed by atoms with E-state index in [9.17, 15) is 10.1 Å². The molecule has 0 saturated carbocycles. The molecular weight excluding hydrogens is 308 g/mol. The first-order valence-electron chi connectivity index (χ1n) is 6.68. The Kier molecular flexibility index (Phi) is 4.45. The van der Waals surface area contributed by atoms with E-state index in [1.807, 2.05) is 12.1 Å². The molecule has 0 bridgehead atoms. The second-order valence-corrected chi connectivity index (χ2v) is 6.37. The minimum absolute atomic E-state index is 0.192. The van der Waals surface area contributed by atoms with E-state index in [0.29, 0.717) is 5.92 Å². The number of anilines is 1. The average Bonchev–Trinajstić information content (AvgIpc) is 2.38. The summed E-state index contributed by atoms with van der Waals surface area (Å²) >= 11 is 3.29. The summed E-state index contributed by atoms with van der Waals surface area (Å²) < 4.78 is 0.750. The second-order valence-electron chi connectivity index (χ2n) is 5.46. The highest BCUT2D eigenvalue weighted by Gasteiger charge is 2.26. The van der Waals surface area contributed by atoms with Gasteiger partial charge in [-0.1, -0.05) is 29.8 Å². The molecule has 0 amide bonds. The number of rotatable bonds is 3. The molecule has 1 aromatic carbocycles. The Hall–Kier alpha value is -1.10. The maximum absolute atomic E-state index is 11.1. The minimum atomic E-state index is -0.297. The maximum Gasteiger partial charge on any atom is 0.293 e. The third-order valence-electron chi connectivity index (χ3n) is 3.96. The molecule has 0 unspecified atom stereocenters. The zero-order valence-electron chi connectivity index (χ0n) is 11.3. The molecular formula is C14H19BrN2O2. The Balaban J connectivity index is 2.17. The number of hydrogen-bond donors (Lipinski definition) is 0. The van der Waals surface area contributed by atoms with Crippen LogP contribution in [-0.4, -0.2) is 18.0 Å². The maximum atomic E-state index is 11.1. The lowest BCUT2D eigenvalue weighted by Gasteiger charge is -2.35. The van der Waals surface area contributed by atoms with Crippen molar-refractivity contribution in [1.29, 1.82) is 0 Å². The van der Waals surface area contributed by atoms with E-state index in [2.05, 4.69) is 34.7 Å². The van der Waals surface area contributed by atoms with Gasteiger partial charge in [0.1, 0.15) is 5.69 Å². The van der Waals surface area contributed by atoms with Gasteiger partial charge in [0.25, 0.3) is 5.69 Å². The predicted octanol–water partition coefficient (Wildman–Crippen LogP) is 4.23. The molecule has 1 aromatic rings. The van der Waals surface area contributed by atoms with Crippen LogP contribution in [0, 0.1) is 22.0 Å². The number of benzene rings is 1. The van der Waals surface area contributed by atoms with E-state index in [-0.39, 0.29) is 10.6 Å². The molecule has 104 valence electrons. The number of nitro benzene ring substituents is 1. The Morgan fingerprint density at radius 1 is 1.37 bits per heavy atom. The molecule has 5 heteroatoms. The van der Waals surface area contributed by atoms with Crippen LogP contribution in [0.2, 0.25) is 0 Å². The molecule has 1 saturated heterocycles. The van der Waals surface area contributed by atoms with E-state index in [1.54, 1.807) is 6.07 Å². The van der Waals surface area contributed by atoms with E-state index < -0.39 is 0 Å². The molecule has 0 N–H and O–H groups in total. The molecule has 0 atom stereocenters. The minimum Gasteiger partial charge on any atom is -0.366 e. The average molecular weight is 327 g/mol. The summed E-state index contributed by atoms with van der Waals surface area (Å²) in [4.78, 5) is 13.0. The van der Waals surface area contributed by atoms with Gasteiger partial charge in [0.2, 0.25) is 0 Å². The van der Waals surface area contributed by atoms with Gasteiger partial charge < -0.3 is 4.90 Å². The first-order chi connectivity index (χ1) is 8.99. The summed E-state index contributed by atoms with van der Waals surface area (Å²) in [5.41, 5.74) is 0.938. The van der Waals surface area contributed by atoms with Gasteiger partial charge in [-0.3, -0.25) is 10.1 Å². The summed E-state index contributed by atoms with van der Waals surface area (Å²) in [5, 5.41) is 11.1. The van der Waals surface area contributed by atoms with E-state index >= 15 is 0 Å². The first-order valence-corrected chi connectivity index (χ1v) is 7.47. The van der Waals surface area contributed by atoms with Crippen molar-refractivity contribution in [3.8, 4) is 0 Å². The Bertz CT molecular complexity index is 469. The van der Waals surface area contributed by atoms with Gasteiger partial charge in [-0.15, -0.1) is 0 Å². The van der Waals surface area contributed by atoms with Gasteiger partial charge in [0.05, 0.1) is 4.92 Å². The Labute approximate surface area is 122 Å². The van der Waals surface area contributed by atoms with Crippen LogP contribution in [0.15, 0.2) is 22.7 Å². The van der Waals surface area contributed by atoms with E-state index in [4.69, 9.17) is 0 Å². The third kappa shape index (κ3) is 3.26. The zero-order chi connectivity index (χ0) is 14.0. The van der Waals surface area contributed by atoms with Gasteiger partial charge in [-0.05, 0) is 36.8 Å². The molecule has 1 aliphatic heterocycles. The topological polar surface area (TPSA) is 46.4 Å². The standard InChI is InChI=1S/C14H19BrN2O2/c1-10(2)11-5-7-16(8-6-11)13-4-3-12(15)9-14(13)17(18)19/h3-4,9-11H,5-8H2,1-2H3. The summed E-state index contributed by atoms with van der Waals surface area (Å²) in [6.07, 6.45) is 2.23. The molecule has 0 spiro atoms. The lowest BCUT2D eigenvalue weighted by Crippen LogP contribution is -2.35. The van der Waals surface area contributed by atoms with Crippen LogP contribution in [0.4, 0.5) is 11.4 Å². The van der Waals surface area contributed by atoms with E-state index in [0.717, 1.165) is 42.0 Å². The van der Waals surface area contributed by atoms with Crippen molar-refractivity contribution in [2.45, 2.75) is 26.7 Å². The summed E-state index contributed by atoms with van der Waals surface area (Å²) in [6, 6.07) is 5.30. The van der Waals surface area contributed by atoms with Crippen LogP contribution in [0.1, 0.15) is 26.7 Å². The van der Waals surface area contributed by atoms with Crippen LogP contribution >= 0.6 is 15.9 Å². The number of hydrogen-bond acceptors (Lipinski definition) is 3. The second kappa shape index (κ2) is 5.90. The van der Waals surface area contributed by atoms with Crippen LogP contribution in [-0.2, 0) is 0 Å². The van der Waals surface area contributed by atoms with Gasteiger partial charge in [-0.25, -0.2) is 0 Å². The molecule has 0 aromatic heterocycles. The van der Waals surface area contributed by atoms with Crippen molar-refractivity contribution in [2.24, 2.45) is 11.8 Å². The Morgan fingerprint density at radius 3 is 2.53 bits per heavy atom. The Morgan fingerprint density at radius 2 is 2.00 bits per heavy atom. The van der Waals surface area contributed by atoms with Crippen molar-refractivity contribution in [2.75, 3.05) is 18.0 Å². The third-order valence-corrected chi connectivity index (χ3v) is 4.45. The van der Waals surface area contributed by atoms with Crippen molar-refractivity contribution in [1.82, 2.24) is 0 Å². The molecule has 0 radical (unpaired) electrons. The lowest BCUT2D eigenvalue weighted by atomic mass is 9.86. The lowest BCUT2D eigenvalue weighted by molar-refractivity contribution is -0.384. The highest BCUT2D eigenvalue weighted by molar-refractivity contribution is 9.10. The quantitative estimate of drug-likeness (QED) is 0.616. The number of nitro groups is 1. The highest BCUT2D eigenvalue weighted by atomic mass is 79.9. The fourth-order valence-corrected chi connectivity index (χ4v) is 3.07. The molecule has 1 fully saturated rings. The predicted molar refractivity (Wildman–Crippen MR) is 80.6 cm³/mol. The molecule has 19 heavy (non-hydrogen) atoms. The largest absolute Gasteiger partial charge is 0.366 e. The summed E-state index contributed by atoms with van der Waals surface area (Å²) in [5.74, 6) is 1.44. The van der Waals surface area contributed by atoms with Gasteiger partial charge in [0, 0.05) is 23.6 Å². The van der Waals surface area contributed by atoms with Crippen LogP contribution in [0.25, 0.3) is 0 Å².